The molecule has 0 aromatic rings. The molecule has 1 aliphatic rings. The molecule has 1 fully saturated rings. The number of cyclic esters (lactones) is 2. The Morgan fingerprint density at radius 1 is 0.639 bits per heavy atom. The minimum Gasteiger partial charge on any atom is -0.460 e. The fourth-order valence-electron chi connectivity index (χ4n) is 4.13. The fourth-order valence-corrected chi connectivity index (χ4v) is 4.13. The maximum absolute atomic E-state index is 12.7. The van der Waals surface area contributed by atoms with Gasteiger partial charge in [-0.15, -0.1) is 0 Å². The van der Waals surface area contributed by atoms with Crippen molar-refractivity contribution >= 4 is 23.8 Å². The first-order valence-corrected chi connectivity index (χ1v) is 13.6. The second-order valence-electron chi connectivity index (χ2n) is 9.54. The van der Waals surface area contributed by atoms with Crippen LogP contribution in [0.5, 0.6) is 0 Å². The number of carbonyl (C=O) groups excluding carboxylic acids is 4. The number of hydrogen-bond donors (Lipinski definition) is 4. The maximum atomic E-state index is 12.7. The lowest BCUT2D eigenvalue weighted by molar-refractivity contribution is -0.160. The maximum Gasteiger partial charge on any atom is 0.331 e. The van der Waals surface area contributed by atoms with Crippen LogP contribution in [0.4, 0.5) is 0 Å². The van der Waals surface area contributed by atoms with Gasteiger partial charge in [-0.25, -0.2) is 9.59 Å². The smallest absolute Gasteiger partial charge is 0.331 e. The van der Waals surface area contributed by atoms with Gasteiger partial charge >= 0.3 is 11.9 Å². The van der Waals surface area contributed by atoms with Crippen molar-refractivity contribution in [1.29, 1.82) is 0 Å². The number of unbranched alkanes of at least 4 members (excludes halogenated alkanes) is 8. The lowest BCUT2D eigenvalue weighted by atomic mass is 10.0. The predicted molar refractivity (Wildman–Crippen MR) is 134 cm³/mol. The van der Waals surface area contributed by atoms with E-state index in [0.29, 0.717) is 12.8 Å². The minimum absolute atomic E-state index is 0.212. The van der Waals surface area contributed by atoms with Crippen LogP contribution in [0.15, 0.2) is 0 Å². The molecule has 4 N–H and O–H groups in total. The highest BCUT2D eigenvalue weighted by Crippen LogP contribution is 2.16. The first-order valence-electron chi connectivity index (χ1n) is 13.6. The minimum atomic E-state index is -1.28. The molecular weight excluding hydrogens is 468 g/mol. The number of aliphatic hydroxyl groups excluding tert-OH is 2. The summed E-state index contributed by atoms with van der Waals surface area (Å²) in [5.41, 5.74) is 0. The van der Waals surface area contributed by atoms with Crippen molar-refractivity contribution in [3.8, 4) is 0 Å². The van der Waals surface area contributed by atoms with E-state index < -0.39 is 61.3 Å². The summed E-state index contributed by atoms with van der Waals surface area (Å²) >= 11 is 0. The Labute approximate surface area is 214 Å². The molecule has 0 aromatic carbocycles. The van der Waals surface area contributed by atoms with Crippen molar-refractivity contribution in [2.45, 2.75) is 128 Å². The topological polar surface area (TPSA) is 151 Å². The third-order valence-corrected chi connectivity index (χ3v) is 6.26. The summed E-state index contributed by atoms with van der Waals surface area (Å²) in [6.07, 6.45) is 8.50. The van der Waals surface area contributed by atoms with E-state index in [-0.39, 0.29) is 12.8 Å². The van der Waals surface area contributed by atoms with E-state index in [1.165, 1.54) is 0 Å². The zero-order valence-electron chi connectivity index (χ0n) is 22.0. The first kappa shape index (κ1) is 31.8. The SMILES string of the molecule is CCCCCCC[C@@H]1CC(=O)N[C@@H](CO)C(=O)O[C@@H](CCCCCCC)CC(=O)N[C@@H](CO)C(=O)O1. The molecular formula is C26H46N2O8. The molecule has 0 saturated carbocycles. The van der Waals surface area contributed by atoms with Crippen LogP contribution in [-0.4, -0.2) is 71.5 Å². The molecule has 10 nitrogen and oxygen atoms in total. The van der Waals surface area contributed by atoms with Crippen molar-refractivity contribution < 1.29 is 38.9 Å². The van der Waals surface area contributed by atoms with Crippen molar-refractivity contribution in [2.24, 2.45) is 0 Å². The van der Waals surface area contributed by atoms with Gasteiger partial charge in [0.05, 0.1) is 26.1 Å². The molecule has 1 heterocycles. The molecule has 4 atom stereocenters. The molecule has 1 saturated heterocycles. The summed E-state index contributed by atoms with van der Waals surface area (Å²) in [6.45, 7) is 2.89. The lowest BCUT2D eigenvalue weighted by Crippen LogP contribution is -2.49. The van der Waals surface area contributed by atoms with Crippen LogP contribution in [0.25, 0.3) is 0 Å². The summed E-state index contributed by atoms with van der Waals surface area (Å²) in [5.74, 6) is -2.76. The molecule has 0 spiro atoms. The Balaban J connectivity index is 2.95. The van der Waals surface area contributed by atoms with Gasteiger partial charge in [-0.3, -0.25) is 9.59 Å². The quantitative estimate of drug-likeness (QED) is 0.204. The van der Waals surface area contributed by atoms with Gasteiger partial charge in [0.15, 0.2) is 12.1 Å². The number of hydrogen-bond acceptors (Lipinski definition) is 8. The normalized spacial score (nSPS) is 24.3. The molecule has 36 heavy (non-hydrogen) atoms. The van der Waals surface area contributed by atoms with Crippen LogP contribution in [0, 0.1) is 0 Å². The Bertz CT molecular complexity index is 616. The molecule has 208 valence electrons. The standard InChI is InChI=1S/C26H46N2O8/c1-3-5-7-9-11-13-19-15-23(31)27-22(18-30)26(34)36-20(14-12-10-8-6-4-2)16-24(32)28-21(17-29)25(33)35-19/h19-22,29-30H,3-18H2,1-2H3,(H,27,31)(H,28,32)/t19-,20+,21-,22-/m0/s1. The van der Waals surface area contributed by atoms with E-state index in [1.807, 2.05) is 0 Å². The van der Waals surface area contributed by atoms with Gasteiger partial charge in [0, 0.05) is 0 Å². The van der Waals surface area contributed by atoms with Crippen LogP contribution < -0.4 is 10.6 Å². The highest BCUT2D eigenvalue weighted by atomic mass is 16.6. The lowest BCUT2D eigenvalue weighted by Gasteiger charge is -2.25. The molecule has 1 rings (SSSR count). The molecule has 10 heteroatoms. The highest BCUT2D eigenvalue weighted by molar-refractivity contribution is 5.87. The summed E-state index contributed by atoms with van der Waals surface area (Å²) < 4.78 is 11.0. The molecule has 2 amide bonds. The Kier molecular flexibility index (Phi) is 16.8. The first-order chi connectivity index (χ1) is 17.3. The third kappa shape index (κ3) is 13.2. The average Bonchev–Trinajstić information content (AvgIpc) is 2.84. The van der Waals surface area contributed by atoms with E-state index in [9.17, 15) is 29.4 Å². The Hall–Kier alpha value is -2.20. The third-order valence-electron chi connectivity index (χ3n) is 6.26. The number of carbonyl (C=O) groups is 4. The van der Waals surface area contributed by atoms with Crippen molar-refractivity contribution in [3.63, 3.8) is 0 Å². The van der Waals surface area contributed by atoms with Crippen LogP contribution in [0.2, 0.25) is 0 Å². The van der Waals surface area contributed by atoms with Gasteiger partial charge in [0.25, 0.3) is 0 Å². The van der Waals surface area contributed by atoms with Crippen molar-refractivity contribution in [1.82, 2.24) is 10.6 Å². The Morgan fingerprint density at radius 3 is 1.33 bits per heavy atom. The second-order valence-corrected chi connectivity index (χ2v) is 9.54. The molecule has 1 aliphatic heterocycles. The second kappa shape index (κ2) is 19.0. The monoisotopic (exact) mass is 514 g/mol. The van der Waals surface area contributed by atoms with E-state index in [4.69, 9.17) is 9.47 Å². The van der Waals surface area contributed by atoms with E-state index in [2.05, 4.69) is 24.5 Å². The van der Waals surface area contributed by atoms with E-state index >= 15 is 0 Å². The molecule has 0 aromatic heterocycles. The van der Waals surface area contributed by atoms with Gasteiger partial charge < -0.3 is 30.3 Å². The number of rotatable bonds is 14. The zero-order valence-corrected chi connectivity index (χ0v) is 22.0. The summed E-state index contributed by atoms with van der Waals surface area (Å²) in [7, 11) is 0. The largest absolute Gasteiger partial charge is 0.460 e. The highest BCUT2D eigenvalue weighted by Gasteiger charge is 2.31. The average molecular weight is 515 g/mol. The van der Waals surface area contributed by atoms with Gasteiger partial charge in [0.1, 0.15) is 12.2 Å². The van der Waals surface area contributed by atoms with Gasteiger partial charge in [-0.05, 0) is 25.7 Å². The van der Waals surface area contributed by atoms with Crippen LogP contribution in [0.3, 0.4) is 0 Å². The van der Waals surface area contributed by atoms with E-state index in [0.717, 1.165) is 64.2 Å². The number of nitrogens with one attached hydrogen (secondary N) is 2. The van der Waals surface area contributed by atoms with Crippen LogP contribution in [-0.2, 0) is 28.7 Å². The molecule has 0 unspecified atom stereocenters. The number of esters is 2. The predicted octanol–water partition coefficient (Wildman–Crippen LogP) is 2.28. The number of aliphatic hydroxyl groups is 2. The molecule has 0 bridgehead atoms. The van der Waals surface area contributed by atoms with Crippen molar-refractivity contribution in [3.05, 3.63) is 0 Å². The zero-order chi connectivity index (χ0) is 26.8. The summed E-state index contributed by atoms with van der Waals surface area (Å²) in [5, 5.41) is 24.3. The Morgan fingerprint density at radius 2 is 1.00 bits per heavy atom. The summed E-state index contributed by atoms with van der Waals surface area (Å²) in [4.78, 5) is 50.6. The number of ether oxygens (including phenoxy) is 2. The fraction of sp³-hybridized carbons (Fsp3) is 0.846. The van der Waals surface area contributed by atoms with Gasteiger partial charge in [-0.1, -0.05) is 65.2 Å². The molecule has 0 aliphatic carbocycles. The molecule has 0 radical (unpaired) electrons. The van der Waals surface area contributed by atoms with Gasteiger partial charge in [-0.2, -0.15) is 0 Å². The van der Waals surface area contributed by atoms with E-state index in [1.54, 1.807) is 0 Å². The van der Waals surface area contributed by atoms with Gasteiger partial charge in [0.2, 0.25) is 11.8 Å². The number of amides is 2. The van der Waals surface area contributed by atoms with Crippen LogP contribution >= 0.6 is 0 Å². The summed E-state index contributed by atoms with van der Waals surface area (Å²) in [6, 6.07) is -2.56. The van der Waals surface area contributed by atoms with Crippen molar-refractivity contribution in [2.75, 3.05) is 13.2 Å². The van der Waals surface area contributed by atoms with Crippen LogP contribution in [0.1, 0.15) is 104 Å².